The smallest absolute Gasteiger partial charge is 0.242 e. The summed E-state index contributed by atoms with van der Waals surface area (Å²) in [4.78, 5) is 0.153. The van der Waals surface area contributed by atoms with Gasteiger partial charge in [0.25, 0.3) is 0 Å². The first-order valence-electron chi connectivity index (χ1n) is 6.51. The number of anilines is 1. The zero-order valence-corrected chi connectivity index (χ0v) is 13.1. The number of nitrogen functional groups attached to an aromatic ring is 1. The zero-order valence-electron chi connectivity index (χ0n) is 12.3. The molecular formula is C13H19N5O2S. The molecule has 2 rings (SSSR count). The van der Waals surface area contributed by atoms with Gasteiger partial charge in [0.1, 0.15) is 17.0 Å². The molecule has 0 unspecified atom stereocenters. The average molecular weight is 309 g/mol. The maximum Gasteiger partial charge on any atom is 0.242 e. The van der Waals surface area contributed by atoms with Crippen LogP contribution >= 0.6 is 0 Å². The minimum absolute atomic E-state index is 0.153. The van der Waals surface area contributed by atoms with Crippen LogP contribution in [0, 0.1) is 13.8 Å². The predicted octanol–water partition coefficient (Wildman–Crippen LogP) is 0.535. The van der Waals surface area contributed by atoms with Gasteiger partial charge in [-0.1, -0.05) is 12.1 Å². The van der Waals surface area contributed by atoms with E-state index in [2.05, 4.69) is 14.9 Å². The molecule has 2 aromatic rings. The average Bonchev–Trinajstić information content (AvgIpc) is 2.80. The fourth-order valence-electron chi connectivity index (χ4n) is 2.07. The molecule has 7 nitrogen and oxygen atoms in total. The molecule has 0 saturated carbocycles. The highest BCUT2D eigenvalue weighted by molar-refractivity contribution is 7.89. The van der Waals surface area contributed by atoms with E-state index in [0.717, 1.165) is 5.56 Å². The number of benzene rings is 1. The van der Waals surface area contributed by atoms with Gasteiger partial charge in [-0.25, -0.2) is 13.1 Å². The molecule has 8 heteroatoms. The summed E-state index contributed by atoms with van der Waals surface area (Å²) in [5, 5.41) is 7.66. The minimum Gasteiger partial charge on any atom is -0.397 e. The molecule has 0 aliphatic carbocycles. The molecule has 0 spiro atoms. The first kappa shape index (κ1) is 15.5. The second kappa shape index (κ2) is 5.82. The van der Waals surface area contributed by atoms with Crippen molar-refractivity contribution in [3.05, 3.63) is 35.4 Å². The van der Waals surface area contributed by atoms with E-state index in [-0.39, 0.29) is 11.4 Å². The number of nitrogens with one attached hydrogen (secondary N) is 1. The van der Waals surface area contributed by atoms with E-state index in [0.29, 0.717) is 23.5 Å². The Morgan fingerprint density at radius 1 is 1.29 bits per heavy atom. The topological polar surface area (TPSA) is 103 Å². The molecule has 0 bridgehead atoms. The molecule has 0 amide bonds. The number of hydrogen-bond acceptors (Lipinski definition) is 5. The van der Waals surface area contributed by atoms with E-state index in [9.17, 15) is 8.42 Å². The van der Waals surface area contributed by atoms with E-state index in [1.165, 1.54) is 0 Å². The van der Waals surface area contributed by atoms with Gasteiger partial charge < -0.3 is 10.3 Å². The van der Waals surface area contributed by atoms with Gasteiger partial charge in [0.2, 0.25) is 10.0 Å². The Labute approximate surface area is 124 Å². The van der Waals surface area contributed by atoms with Gasteiger partial charge in [0.05, 0.1) is 5.69 Å². The van der Waals surface area contributed by atoms with Crippen LogP contribution in [0.1, 0.15) is 17.0 Å². The third kappa shape index (κ3) is 3.22. The predicted molar refractivity (Wildman–Crippen MR) is 80.2 cm³/mol. The van der Waals surface area contributed by atoms with Gasteiger partial charge in [-0.3, -0.25) is 0 Å². The number of sulfonamides is 1. The maximum absolute atomic E-state index is 12.4. The molecule has 0 radical (unpaired) electrons. The quantitative estimate of drug-likeness (QED) is 0.784. The Bertz CT molecular complexity index is 752. The second-order valence-electron chi connectivity index (χ2n) is 4.95. The van der Waals surface area contributed by atoms with E-state index in [1.807, 2.05) is 13.1 Å². The van der Waals surface area contributed by atoms with Crippen molar-refractivity contribution in [3.63, 3.8) is 0 Å². The number of aromatic nitrogens is 3. The molecule has 3 N–H and O–H groups in total. The van der Waals surface area contributed by atoms with Crippen molar-refractivity contribution < 1.29 is 8.42 Å². The van der Waals surface area contributed by atoms with Gasteiger partial charge in [-0.15, -0.1) is 10.2 Å². The van der Waals surface area contributed by atoms with Crippen molar-refractivity contribution in [1.29, 1.82) is 0 Å². The van der Waals surface area contributed by atoms with Crippen LogP contribution in [0.3, 0.4) is 0 Å². The van der Waals surface area contributed by atoms with Gasteiger partial charge >= 0.3 is 0 Å². The second-order valence-corrected chi connectivity index (χ2v) is 6.65. The Hall–Kier alpha value is -1.93. The first-order valence-corrected chi connectivity index (χ1v) is 7.99. The Kier molecular flexibility index (Phi) is 4.29. The van der Waals surface area contributed by atoms with Crippen molar-refractivity contribution in [2.75, 3.05) is 12.3 Å². The molecule has 21 heavy (non-hydrogen) atoms. The van der Waals surface area contributed by atoms with Crippen molar-refractivity contribution in [3.8, 4) is 0 Å². The van der Waals surface area contributed by atoms with Crippen LogP contribution in [-0.2, 0) is 23.5 Å². The Morgan fingerprint density at radius 2 is 1.95 bits per heavy atom. The Morgan fingerprint density at radius 3 is 2.57 bits per heavy atom. The van der Waals surface area contributed by atoms with Crippen LogP contribution < -0.4 is 10.5 Å². The molecular weight excluding hydrogens is 290 g/mol. The molecule has 0 aliphatic heterocycles. The number of hydrogen-bond donors (Lipinski definition) is 2. The summed E-state index contributed by atoms with van der Waals surface area (Å²) in [5.41, 5.74) is 7.58. The summed E-state index contributed by atoms with van der Waals surface area (Å²) in [7, 11) is -1.83. The summed E-state index contributed by atoms with van der Waals surface area (Å²) in [6, 6.07) is 3.56. The van der Waals surface area contributed by atoms with Gasteiger partial charge in [0.15, 0.2) is 0 Å². The lowest BCUT2D eigenvalue weighted by atomic mass is 10.1. The normalized spacial score (nSPS) is 11.8. The molecule has 0 aliphatic rings. The summed E-state index contributed by atoms with van der Waals surface area (Å²) in [6.07, 6.45) is 2.03. The van der Waals surface area contributed by atoms with Crippen molar-refractivity contribution >= 4 is 15.7 Å². The van der Waals surface area contributed by atoms with E-state index >= 15 is 0 Å². The molecule has 1 aromatic heterocycles. The number of nitrogens with zero attached hydrogens (tertiary/aromatic N) is 3. The van der Waals surface area contributed by atoms with Crippen LogP contribution in [-0.4, -0.2) is 29.7 Å². The van der Waals surface area contributed by atoms with Crippen LogP contribution in [0.15, 0.2) is 23.4 Å². The molecule has 0 fully saturated rings. The largest absolute Gasteiger partial charge is 0.397 e. The lowest BCUT2D eigenvalue weighted by Gasteiger charge is -2.13. The highest BCUT2D eigenvalue weighted by Gasteiger charge is 2.21. The molecule has 114 valence electrons. The third-order valence-electron chi connectivity index (χ3n) is 3.33. The zero-order chi connectivity index (χ0) is 15.6. The van der Waals surface area contributed by atoms with Crippen LogP contribution in [0.2, 0.25) is 0 Å². The summed E-state index contributed by atoms with van der Waals surface area (Å²) >= 11 is 0. The lowest BCUT2D eigenvalue weighted by molar-refractivity contribution is 0.579. The molecule has 1 heterocycles. The molecule has 0 saturated heterocycles. The lowest BCUT2D eigenvalue weighted by Crippen LogP contribution is -2.28. The SMILES string of the molecule is Cc1ccc(C)c(S(=O)(=O)NCCc2nncn2C)c1N. The standard InChI is InChI=1S/C13H19N5O2S/c1-9-4-5-10(2)13(12(9)14)21(19,20)16-7-6-11-17-15-8-18(11)3/h4-5,8,16H,6-7,14H2,1-3H3. The summed E-state index contributed by atoms with van der Waals surface area (Å²) in [5.74, 6) is 0.714. The van der Waals surface area contributed by atoms with Crippen molar-refractivity contribution in [2.45, 2.75) is 25.2 Å². The van der Waals surface area contributed by atoms with Gasteiger partial charge in [-0.2, -0.15) is 0 Å². The minimum atomic E-state index is -3.64. The fourth-order valence-corrected chi connectivity index (χ4v) is 3.52. The monoisotopic (exact) mass is 309 g/mol. The number of aryl methyl sites for hydroxylation is 3. The summed E-state index contributed by atoms with van der Waals surface area (Å²) < 4.78 is 29.1. The van der Waals surface area contributed by atoms with Gasteiger partial charge in [0, 0.05) is 20.0 Å². The van der Waals surface area contributed by atoms with Crippen LogP contribution in [0.4, 0.5) is 5.69 Å². The van der Waals surface area contributed by atoms with Crippen LogP contribution in [0.5, 0.6) is 0 Å². The third-order valence-corrected chi connectivity index (χ3v) is 4.99. The van der Waals surface area contributed by atoms with Gasteiger partial charge in [-0.05, 0) is 25.0 Å². The maximum atomic E-state index is 12.4. The highest BCUT2D eigenvalue weighted by Crippen LogP contribution is 2.25. The van der Waals surface area contributed by atoms with Crippen LogP contribution in [0.25, 0.3) is 0 Å². The highest BCUT2D eigenvalue weighted by atomic mass is 32.2. The summed E-state index contributed by atoms with van der Waals surface area (Å²) in [6.45, 7) is 3.75. The first-order chi connectivity index (χ1) is 9.83. The van der Waals surface area contributed by atoms with E-state index in [4.69, 9.17) is 5.73 Å². The molecule has 1 aromatic carbocycles. The van der Waals surface area contributed by atoms with Crippen molar-refractivity contribution in [1.82, 2.24) is 19.5 Å². The van der Waals surface area contributed by atoms with E-state index < -0.39 is 10.0 Å². The van der Waals surface area contributed by atoms with Crippen molar-refractivity contribution in [2.24, 2.45) is 7.05 Å². The molecule has 0 atom stereocenters. The van der Waals surface area contributed by atoms with E-state index in [1.54, 1.807) is 30.8 Å². The fraction of sp³-hybridized carbons (Fsp3) is 0.385. The Balaban J connectivity index is 2.16. The number of rotatable bonds is 5. The number of nitrogens with two attached hydrogens (primary N) is 1.